The van der Waals surface area contributed by atoms with Crippen LogP contribution >= 0.6 is 0 Å². The number of benzene rings is 1. The molecule has 1 aromatic carbocycles. The Morgan fingerprint density at radius 3 is 2.62 bits per heavy atom. The summed E-state index contributed by atoms with van der Waals surface area (Å²) in [7, 11) is 0. The van der Waals surface area contributed by atoms with Gasteiger partial charge < -0.3 is 14.6 Å². The Morgan fingerprint density at radius 2 is 1.94 bits per heavy atom. The van der Waals surface area contributed by atoms with Crippen molar-refractivity contribution >= 4 is 0 Å². The van der Waals surface area contributed by atoms with E-state index in [4.69, 9.17) is 9.47 Å². The van der Waals surface area contributed by atoms with Gasteiger partial charge in [-0.1, -0.05) is 36.8 Å². The Balaban J connectivity index is 1.62. The monoisotopic (exact) mass is 222 g/mol. The minimum Gasteiger partial charge on any atom is -0.366 e. The maximum atomic E-state index is 9.36. The van der Waals surface area contributed by atoms with Crippen molar-refractivity contribution in [1.82, 2.24) is 0 Å². The van der Waals surface area contributed by atoms with E-state index in [9.17, 15) is 5.11 Å². The Morgan fingerprint density at radius 1 is 1.12 bits per heavy atom. The molecule has 1 aliphatic heterocycles. The van der Waals surface area contributed by atoms with Crippen molar-refractivity contribution in [3.05, 3.63) is 35.9 Å². The van der Waals surface area contributed by atoms with E-state index in [1.165, 1.54) is 5.56 Å². The summed E-state index contributed by atoms with van der Waals surface area (Å²) in [6.07, 6.45) is 3.28. The van der Waals surface area contributed by atoms with Crippen molar-refractivity contribution in [2.75, 3.05) is 6.79 Å². The minimum atomic E-state index is -0.725. The van der Waals surface area contributed by atoms with Gasteiger partial charge in [-0.05, 0) is 24.8 Å². The first kappa shape index (κ1) is 11.6. The van der Waals surface area contributed by atoms with Crippen LogP contribution < -0.4 is 0 Å². The molecule has 1 N–H and O–H groups in total. The summed E-state index contributed by atoms with van der Waals surface area (Å²) in [5, 5.41) is 9.36. The fourth-order valence-electron chi connectivity index (χ4n) is 1.93. The number of aryl methyl sites for hydroxylation is 1. The van der Waals surface area contributed by atoms with E-state index in [1.54, 1.807) is 0 Å². The molecule has 16 heavy (non-hydrogen) atoms. The Kier molecular flexibility index (Phi) is 4.34. The van der Waals surface area contributed by atoms with Crippen LogP contribution in [-0.2, 0) is 15.9 Å². The van der Waals surface area contributed by atoms with Gasteiger partial charge in [-0.3, -0.25) is 0 Å². The summed E-state index contributed by atoms with van der Waals surface area (Å²) in [6.45, 7) is 0.227. The van der Waals surface area contributed by atoms with Crippen LogP contribution in [0.2, 0.25) is 0 Å². The van der Waals surface area contributed by atoms with Crippen LogP contribution in [0.25, 0.3) is 0 Å². The number of unbranched alkanes of at least 4 members (excludes halogenated alkanes) is 1. The highest BCUT2D eigenvalue weighted by atomic mass is 16.8. The molecule has 1 aromatic rings. The van der Waals surface area contributed by atoms with Crippen LogP contribution in [-0.4, -0.2) is 24.3 Å². The zero-order valence-electron chi connectivity index (χ0n) is 9.34. The molecule has 0 saturated carbocycles. The van der Waals surface area contributed by atoms with Crippen molar-refractivity contribution in [3.63, 3.8) is 0 Å². The zero-order valence-corrected chi connectivity index (χ0v) is 9.34. The van der Waals surface area contributed by atoms with Gasteiger partial charge in [-0.25, -0.2) is 0 Å². The maximum Gasteiger partial charge on any atom is 0.183 e. The van der Waals surface area contributed by atoms with E-state index >= 15 is 0 Å². The number of rotatable bonds is 5. The van der Waals surface area contributed by atoms with Gasteiger partial charge in [0.1, 0.15) is 6.10 Å². The van der Waals surface area contributed by atoms with Gasteiger partial charge in [0.05, 0.1) is 0 Å². The van der Waals surface area contributed by atoms with Gasteiger partial charge in [0.25, 0.3) is 0 Å². The standard InChI is InChI=1S/C13H18O3/c14-13-12(15-10-16-13)9-5-4-8-11-6-2-1-3-7-11/h1-3,6-7,12-14H,4-5,8-10H2. The lowest BCUT2D eigenvalue weighted by Gasteiger charge is -2.11. The third-order valence-corrected chi connectivity index (χ3v) is 2.89. The molecular formula is C13H18O3. The summed E-state index contributed by atoms with van der Waals surface area (Å²) >= 11 is 0. The Hall–Kier alpha value is -0.900. The van der Waals surface area contributed by atoms with Crippen molar-refractivity contribution in [1.29, 1.82) is 0 Å². The summed E-state index contributed by atoms with van der Waals surface area (Å²) in [4.78, 5) is 0. The number of aliphatic hydroxyl groups is 1. The van der Waals surface area contributed by atoms with Gasteiger partial charge in [-0.15, -0.1) is 0 Å². The second-order valence-electron chi connectivity index (χ2n) is 4.11. The second-order valence-corrected chi connectivity index (χ2v) is 4.11. The molecule has 2 unspecified atom stereocenters. The van der Waals surface area contributed by atoms with E-state index in [0.717, 1.165) is 25.7 Å². The number of ether oxygens (including phenoxy) is 2. The van der Waals surface area contributed by atoms with Gasteiger partial charge in [0.2, 0.25) is 0 Å². The molecule has 1 fully saturated rings. The molecule has 0 aliphatic carbocycles. The van der Waals surface area contributed by atoms with Crippen LogP contribution in [0, 0.1) is 0 Å². The lowest BCUT2D eigenvalue weighted by atomic mass is 10.1. The molecule has 0 aromatic heterocycles. The fraction of sp³-hybridized carbons (Fsp3) is 0.538. The third kappa shape index (κ3) is 3.30. The van der Waals surface area contributed by atoms with Gasteiger partial charge in [0.15, 0.2) is 13.1 Å². The van der Waals surface area contributed by atoms with Crippen LogP contribution in [0.1, 0.15) is 24.8 Å². The highest BCUT2D eigenvalue weighted by Gasteiger charge is 2.25. The fourth-order valence-corrected chi connectivity index (χ4v) is 1.93. The maximum absolute atomic E-state index is 9.36. The molecule has 2 atom stereocenters. The average Bonchev–Trinajstić information content (AvgIpc) is 2.72. The normalized spacial score (nSPS) is 24.8. The van der Waals surface area contributed by atoms with Crippen LogP contribution in [0.3, 0.4) is 0 Å². The van der Waals surface area contributed by atoms with Crippen molar-refractivity contribution < 1.29 is 14.6 Å². The summed E-state index contributed by atoms with van der Waals surface area (Å²) in [5.74, 6) is 0. The molecule has 3 heteroatoms. The Labute approximate surface area is 96.0 Å². The summed E-state index contributed by atoms with van der Waals surface area (Å²) in [6, 6.07) is 10.4. The molecule has 1 saturated heterocycles. The van der Waals surface area contributed by atoms with E-state index in [2.05, 4.69) is 24.3 Å². The number of hydrogen-bond acceptors (Lipinski definition) is 3. The number of aliphatic hydroxyl groups excluding tert-OH is 1. The minimum absolute atomic E-state index is 0.129. The van der Waals surface area contributed by atoms with E-state index in [0.29, 0.717) is 0 Å². The lowest BCUT2D eigenvalue weighted by Crippen LogP contribution is -2.21. The van der Waals surface area contributed by atoms with E-state index in [-0.39, 0.29) is 12.9 Å². The topological polar surface area (TPSA) is 38.7 Å². The lowest BCUT2D eigenvalue weighted by molar-refractivity contribution is -0.0684. The van der Waals surface area contributed by atoms with Crippen molar-refractivity contribution in [3.8, 4) is 0 Å². The predicted octanol–water partition coefficient (Wildman–Crippen LogP) is 2.09. The molecule has 1 heterocycles. The predicted molar refractivity (Wildman–Crippen MR) is 60.8 cm³/mol. The molecule has 3 nitrogen and oxygen atoms in total. The van der Waals surface area contributed by atoms with Crippen LogP contribution in [0.15, 0.2) is 30.3 Å². The molecule has 2 rings (SSSR count). The molecular weight excluding hydrogens is 204 g/mol. The highest BCUT2D eigenvalue weighted by molar-refractivity contribution is 5.14. The Bertz CT molecular complexity index is 299. The first-order valence-electron chi connectivity index (χ1n) is 5.81. The van der Waals surface area contributed by atoms with Crippen LogP contribution in [0.5, 0.6) is 0 Å². The van der Waals surface area contributed by atoms with Gasteiger partial charge in [-0.2, -0.15) is 0 Å². The van der Waals surface area contributed by atoms with E-state index < -0.39 is 6.29 Å². The molecule has 88 valence electrons. The molecule has 0 bridgehead atoms. The largest absolute Gasteiger partial charge is 0.366 e. The van der Waals surface area contributed by atoms with Crippen LogP contribution in [0.4, 0.5) is 0 Å². The smallest absolute Gasteiger partial charge is 0.183 e. The quantitative estimate of drug-likeness (QED) is 0.775. The zero-order chi connectivity index (χ0) is 11.2. The summed E-state index contributed by atoms with van der Waals surface area (Å²) < 4.78 is 10.2. The van der Waals surface area contributed by atoms with Gasteiger partial charge in [0, 0.05) is 0 Å². The summed E-state index contributed by atoms with van der Waals surface area (Å²) in [5.41, 5.74) is 1.37. The van der Waals surface area contributed by atoms with Gasteiger partial charge >= 0.3 is 0 Å². The first-order chi connectivity index (χ1) is 7.86. The van der Waals surface area contributed by atoms with E-state index in [1.807, 2.05) is 6.07 Å². The molecule has 0 amide bonds. The first-order valence-corrected chi connectivity index (χ1v) is 5.81. The molecule has 0 radical (unpaired) electrons. The highest BCUT2D eigenvalue weighted by Crippen LogP contribution is 2.17. The third-order valence-electron chi connectivity index (χ3n) is 2.89. The molecule has 0 spiro atoms. The molecule has 1 aliphatic rings. The SMILES string of the molecule is OC1OCOC1CCCCc1ccccc1. The van der Waals surface area contributed by atoms with Crippen molar-refractivity contribution in [2.45, 2.75) is 38.1 Å². The van der Waals surface area contributed by atoms with Crippen molar-refractivity contribution in [2.24, 2.45) is 0 Å². The number of hydrogen-bond donors (Lipinski definition) is 1. The second kappa shape index (κ2) is 5.99. The average molecular weight is 222 g/mol.